The van der Waals surface area contributed by atoms with Crippen LogP contribution >= 0.6 is 0 Å². The number of carboxylic acid groups (broad SMARTS) is 1. The van der Waals surface area contributed by atoms with E-state index >= 15 is 0 Å². The van der Waals surface area contributed by atoms with Crippen LogP contribution in [0.2, 0.25) is 0 Å². The van der Waals surface area contributed by atoms with Crippen LogP contribution in [0.4, 0.5) is 0 Å². The number of para-hydroxylation sites is 2. The van der Waals surface area contributed by atoms with Gasteiger partial charge in [0.1, 0.15) is 5.82 Å². The predicted molar refractivity (Wildman–Crippen MR) is 85.9 cm³/mol. The highest BCUT2D eigenvalue weighted by Gasteiger charge is 2.13. The van der Waals surface area contributed by atoms with E-state index in [9.17, 15) is 9.59 Å². The van der Waals surface area contributed by atoms with Gasteiger partial charge in [-0.2, -0.15) is 0 Å². The average molecular weight is 309 g/mol. The number of hydrogen-bond acceptors (Lipinski definition) is 3. The number of carbonyl (C=O) groups excluding carboxylic acids is 1. The topological polar surface area (TPSA) is 98.2 Å². The molecule has 0 spiro atoms. The fourth-order valence-corrected chi connectivity index (χ4v) is 2.51. The van der Waals surface area contributed by atoms with Crippen LogP contribution < -0.4 is 5.73 Å². The quantitative estimate of drug-likeness (QED) is 0.755. The molecular weight excluding hydrogens is 294 g/mol. The zero-order valence-electron chi connectivity index (χ0n) is 12.3. The maximum atomic E-state index is 11.1. The molecule has 3 rings (SSSR count). The first-order chi connectivity index (χ1) is 11.1. The third-order valence-corrected chi connectivity index (χ3v) is 3.63. The molecule has 6 nitrogen and oxygen atoms in total. The van der Waals surface area contributed by atoms with Crippen molar-refractivity contribution in [2.45, 2.75) is 13.0 Å². The summed E-state index contributed by atoms with van der Waals surface area (Å²) in [5.74, 6) is -0.668. The fraction of sp³-hybridized carbons (Fsp3) is 0.118. The molecule has 6 heteroatoms. The van der Waals surface area contributed by atoms with Gasteiger partial charge in [0.25, 0.3) is 0 Å². The lowest BCUT2D eigenvalue weighted by atomic mass is 10.1. The van der Waals surface area contributed by atoms with Crippen molar-refractivity contribution < 1.29 is 14.7 Å². The number of carboxylic acids is 1. The second kappa shape index (κ2) is 5.92. The highest BCUT2D eigenvalue weighted by atomic mass is 16.4. The number of amides is 1. The molecule has 1 heterocycles. The van der Waals surface area contributed by atoms with Gasteiger partial charge >= 0.3 is 5.97 Å². The standard InChI is InChI=1S/C17H15N3O3/c18-15(21)9-10-20-14-4-2-1-3-13(14)19-16(20)11-5-7-12(8-6-11)17(22)23/h1-8H,9-10H2,(H2,18,21)(H,22,23). The van der Waals surface area contributed by atoms with Crippen molar-refractivity contribution in [2.24, 2.45) is 5.73 Å². The van der Waals surface area contributed by atoms with Gasteiger partial charge in [-0.25, -0.2) is 9.78 Å². The summed E-state index contributed by atoms with van der Waals surface area (Å²) in [7, 11) is 0. The molecule has 0 aliphatic rings. The summed E-state index contributed by atoms with van der Waals surface area (Å²) < 4.78 is 1.93. The Morgan fingerprint density at radius 3 is 2.43 bits per heavy atom. The van der Waals surface area contributed by atoms with Gasteiger partial charge in [-0.1, -0.05) is 24.3 Å². The van der Waals surface area contributed by atoms with E-state index in [-0.39, 0.29) is 17.9 Å². The third-order valence-electron chi connectivity index (χ3n) is 3.63. The van der Waals surface area contributed by atoms with Crippen molar-refractivity contribution in [1.29, 1.82) is 0 Å². The summed E-state index contributed by atoms with van der Waals surface area (Å²) in [6.07, 6.45) is 0.209. The minimum Gasteiger partial charge on any atom is -0.478 e. The van der Waals surface area contributed by atoms with Crippen molar-refractivity contribution in [3.8, 4) is 11.4 Å². The molecule has 23 heavy (non-hydrogen) atoms. The van der Waals surface area contributed by atoms with E-state index in [1.165, 1.54) is 12.1 Å². The van der Waals surface area contributed by atoms with Crippen molar-refractivity contribution in [1.82, 2.24) is 9.55 Å². The number of rotatable bonds is 5. The minimum absolute atomic E-state index is 0.209. The molecule has 0 unspecified atom stereocenters. The first kappa shape index (κ1) is 14.8. The molecule has 0 bridgehead atoms. The zero-order valence-corrected chi connectivity index (χ0v) is 12.3. The molecule has 2 aromatic carbocycles. The van der Waals surface area contributed by atoms with Crippen LogP contribution in [0.3, 0.4) is 0 Å². The van der Waals surface area contributed by atoms with Gasteiger partial charge < -0.3 is 15.4 Å². The van der Waals surface area contributed by atoms with E-state index < -0.39 is 5.97 Å². The van der Waals surface area contributed by atoms with Crippen molar-refractivity contribution in [2.75, 3.05) is 0 Å². The van der Waals surface area contributed by atoms with Crippen molar-refractivity contribution >= 4 is 22.9 Å². The van der Waals surface area contributed by atoms with Crippen molar-refractivity contribution in [3.63, 3.8) is 0 Å². The number of imidazole rings is 1. The summed E-state index contributed by atoms with van der Waals surface area (Å²) in [6.45, 7) is 0.422. The van der Waals surface area contributed by atoms with Crippen LogP contribution in [0.25, 0.3) is 22.4 Å². The number of hydrogen-bond donors (Lipinski definition) is 2. The van der Waals surface area contributed by atoms with Crippen LogP contribution in [0, 0.1) is 0 Å². The van der Waals surface area contributed by atoms with Gasteiger partial charge in [0.05, 0.1) is 16.6 Å². The molecule has 3 aromatic rings. The fourth-order valence-electron chi connectivity index (χ4n) is 2.51. The normalized spacial score (nSPS) is 10.8. The lowest BCUT2D eigenvalue weighted by Crippen LogP contribution is -2.14. The van der Waals surface area contributed by atoms with Crippen LogP contribution in [-0.4, -0.2) is 26.5 Å². The number of aromatic carboxylic acids is 1. The second-order valence-electron chi connectivity index (χ2n) is 5.17. The maximum Gasteiger partial charge on any atom is 0.335 e. The van der Waals surface area contributed by atoms with E-state index in [0.29, 0.717) is 12.4 Å². The molecule has 0 atom stereocenters. The van der Waals surface area contributed by atoms with E-state index in [4.69, 9.17) is 10.8 Å². The van der Waals surface area contributed by atoms with Crippen LogP contribution in [0.5, 0.6) is 0 Å². The largest absolute Gasteiger partial charge is 0.478 e. The Morgan fingerprint density at radius 1 is 1.09 bits per heavy atom. The third kappa shape index (κ3) is 2.91. The molecule has 0 saturated heterocycles. The molecule has 0 fully saturated rings. The smallest absolute Gasteiger partial charge is 0.335 e. The van der Waals surface area contributed by atoms with Gasteiger partial charge in [0.15, 0.2) is 0 Å². The lowest BCUT2D eigenvalue weighted by Gasteiger charge is -2.08. The highest BCUT2D eigenvalue weighted by Crippen LogP contribution is 2.25. The molecule has 0 radical (unpaired) electrons. The molecule has 1 amide bonds. The molecule has 116 valence electrons. The Kier molecular flexibility index (Phi) is 3.80. The van der Waals surface area contributed by atoms with Gasteiger partial charge in [-0.05, 0) is 24.3 Å². The van der Waals surface area contributed by atoms with E-state index in [1.54, 1.807) is 12.1 Å². The molecule has 0 aliphatic carbocycles. The summed E-state index contributed by atoms with van der Waals surface area (Å²) in [5, 5.41) is 8.99. The van der Waals surface area contributed by atoms with E-state index in [1.807, 2.05) is 28.8 Å². The van der Waals surface area contributed by atoms with Gasteiger partial charge in [0, 0.05) is 18.5 Å². The van der Waals surface area contributed by atoms with Gasteiger partial charge in [0.2, 0.25) is 5.91 Å². The molecular formula is C17H15N3O3. The average Bonchev–Trinajstić information content (AvgIpc) is 2.91. The second-order valence-corrected chi connectivity index (χ2v) is 5.17. The number of nitrogens with two attached hydrogens (primary N) is 1. The zero-order chi connectivity index (χ0) is 16.4. The molecule has 3 N–H and O–H groups in total. The van der Waals surface area contributed by atoms with Gasteiger partial charge in [-0.15, -0.1) is 0 Å². The van der Waals surface area contributed by atoms with Crippen LogP contribution in [0.1, 0.15) is 16.8 Å². The predicted octanol–water partition coefficient (Wildman–Crippen LogP) is 2.28. The molecule has 0 aliphatic heterocycles. The Balaban J connectivity index is 2.09. The summed E-state index contributed by atoms with van der Waals surface area (Å²) in [4.78, 5) is 26.7. The summed E-state index contributed by atoms with van der Waals surface area (Å²) in [5.41, 5.74) is 7.98. The number of benzene rings is 2. The summed E-state index contributed by atoms with van der Waals surface area (Å²) in [6, 6.07) is 14.1. The molecule has 0 saturated carbocycles. The lowest BCUT2D eigenvalue weighted by molar-refractivity contribution is -0.118. The monoisotopic (exact) mass is 309 g/mol. The first-order valence-corrected chi connectivity index (χ1v) is 7.13. The van der Waals surface area contributed by atoms with E-state index in [2.05, 4.69) is 4.98 Å². The van der Waals surface area contributed by atoms with Gasteiger partial charge in [-0.3, -0.25) is 4.79 Å². The minimum atomic E-state index is -0.973. The highest BCUT2D eigenvalue weighted by molar-refractivity contribution is 5.88. The number of fused-ring (bicyclic) bond motifs is 1. The Bertz CT molecular complexity index is 882. The Labute approximate surface area is 132 Å². The van der Waals surface area contributed by atoms with E-state index in [0.717, 1.165) is 16.6 Å². The first-order valence-electron chi connectivity index (χ1n) is 7.13. The van der Waals surface area contributed by atoms with Crippen LogP contribution in [0.15, 0.2) is 48.5 Å². The maximum absolute atomic E-state index is 11.1. The van der Waals surface area contributed by atoms with Crippen LogP contribution in [-0.2, 0) is 11.3 Å². The number of aryl methyl sites for hydroxylation is 1. The number of primary amides is 1. The number of carbonyl (C=O) groups is 2. The van der Waals surface area contributed by atoms with Crippen molar-refractivity contribution in [3.05, 3.63) is 54.1 Å². The number of nitrogens with zero attached hydrogens (tertiary/aromatic N) is 2. The molecule has 1 aromatic heterocycles. The SMILES string of the molecule is NC(=O)CCn1c(-c2ccc(C(=O)O)cc2)nc2ccccc21. The number of aromatic nitrogens is 2. The Morgan fingerprint density at radius 2 is 1.78 bits per heavy atom. The summed E-state index contributed by atoms with van der Waals surface area (Å²) >= 11 is 0. The Hall–Kier alpha value is -3.15.